The number of halogens is 2. The van der Waals surface area contributed by atoms with Crippen molar-refractivity contribution in [2.75, 3.05) is 12.1 Å². The van der Waals surface area contributed by atoms with Gasteiger partial charge in [0.25, 0.3) is 0 Å². The Balaban J connectivity index is 1.46. The van der Waals surface area contributed by atoms with E-state index in [1.54, 1.807) is 12.1 Å². The molecule has 2 aromatic carbocycles. The van der Waals surface area contributed by atoms with E-state index >= 15 is 0 Å². The second kappa shape index (κ2) is 8.82. The Kier molecular flexibility index (Phi) is 5.99. The van der Waals surface area contributed by atoms with E-state index in [2.05, 4.69) is 15.0 Å². The maximum atomic E-state index is 12.3. The third-order valence-electron chi connectivity index (χ3n) is 5.15. The molecule has 0 atom stereocenters. The van der Waals surface area contributed by atoms with Crippen molar-refractivity contribution in [3.8, 4) is 17.2 Å². The summed E-state index contributed by atoms with van der Waals surface area (Å²) in [4.78, 5) is 2.20. The molecule has 2 aromatic rings. The van der Waals surface area contributed by atoms with E-state index in [9.17, 15) is 8.78 Å². The quantitative estimate of drug-likeness (QED) is 0.652. The maximum absolute atomic E-state index is 12.3. The van der Waals surface area contributed by atoms with Crippen molar-refractivity contribution < 1.29 is 23.0 Å². The van der Waals surface area contributed by atoms with Crippen LogP contribution in [0, 0.1) is 0 Å². The van der Waals surface area contributed by atoms with Gasteiger partial charge >= 0.3 is 6.61 Å². The summed E-state index contributed by atoms with van der Waals surface area (Å²) in [7, 11) is 0. The average molecular weight is 420 g/mol. The molecule has 0 radical (unpaired) electrons. The molecule has 2 aliphatic rings. The molecule has 1 aliphatic carbocycles. The van der Waals surface area contributed by atoms with Crippen LogP contribution in [-0.2, 0) is 6.54 Å². The highest BCUT2D eigenvalue weighted by atomic mass is 32.1. The zero-order valence-corrected chi connectivity index (χ0v) is 16.6. The SMILES string of the molecule is FC(F)Oc1ccc(NC(=S)N(Cc2ccc3c(c2)OCO3)C2CCCC2)cc1. The third-order valence-corrected chi connectivity index (χ3v) is 5.48. The Labute approximate surface area is 173 Å². The van der Waals surface area contributed by atoms with Crippen LogP contribution >= 0.6 is 12.2 Å². The van der Waals surface area contributed by atoms with Gasteiger partial charge in [-0.25, -0.2) is 0 Å². The van der Waals surface area contributed by atoms with Crippen LogP contribution in [0.4, 0.5) is 14.5 Å². The van der Waals surface area contributed by atoms with Gasteiger partial charge in [0.2, 0.25) is 6.79 Å². The van der Waals surface area contributed by atoms with Gasteiger partial charge in [-0.15, -0.1) is 0 Å². The Morgan fingerprint density at radius 2 is 1.83 bits per heavy atom. The Morgan fingerprint density at radius 3 is 2.55 bits per heavy atom. The van der Waals surface area contributed by atoms with Gasteiger partial charge in [0, 0.05) is 18.3 Å². The average Bonchev–Trinajstić information content (AvgIpc) is 3.38. The first-order valence-corrected chi connectivity index (χ1v) is 10.0. The summed E-state index contributed by atoms with van der Waals surface area (Å²) >= 11 is 5.70. The Hall–Kier alpha value is -2.61. The van der Waals surface area contributed by atoms with E-state index in [1.807, 2.05) is 18.2 Å². The van der Waals surface area contributed by atoms with Crippen molar-refractivity contribution in [3.63, 3.8) is 0 Å². The molecular formula is C21H22F2N2O3S. The summed E-state index contributed by atoms with van der Waals surface area (Å²) in [6.07, 6.45) is 4.55. The number of thiocarbonyl (C=S) groups is 1. The Morgan fingerprint density at radius 1 is 1.10 bits per heavy atom. The van der Waals surface area contributed by atoms with Gasteiger partial charge in [0.05, 0.1) is 0 Å². The molecule has 1 saturated carbocycles. The Bertz CT molecular complexity index is 858. The van der Waals surface area contributed by atoms with Gasteiger partial charge in [0.1, 0.15) is 5.75 Å². The fourth-order valence-electron chi connectivity index (χ4n) is 3.73. The van der Waals surface area contributed by atoms with Crippen LogP contribution < -0.4 is 19.5 Å². The number of nitrogens with one attached hydrogen (secondary N) is 1. The first-order valence-electron chi connectivity index (χ1n) is 9.59. The van der Waals surface area contributed by atoms with Gasteiger partial charge in [-0.05, 0) is 67.0 Å². The van der Waals surface area contributed by atoms with E-state index in [-0.39, 0.29) is 12.5 Å². The van der Waals surface area contributed by atoms with Crippen molar-refractivity contribution in [3.05, 3.63) is 48.0 Å². The van der Waals surface area contributed by atoms with Crippen LogP contribution in [0.15, 0.2) is 42.5 Å². The van der Waals surface area contributed by atoms with E-state index in [0.29, 0.717) is 17.7 Å². The van der Waals surface area contributed by atoms with E-state index < -0.39 is 6.61 Å². The predicted molar refractivity (Wildman–Crippen MR) is 110 cm³/mol. The molecule has 0 amide bonds. The summed E-state index contributed by atoms with van der Waals surface area (Å²) in [6, 6.07) is 12.6. The van der Waals surface area contributed by atoms with Crippen molar-refractivity contribution in [1.82, 2.24) is 4.90 Å². The minimum atomic E-state index is -2.84. The lowest BCUT2D eigenvalue weighted by Crippen LogP contribution is -2.40. The summed E-state index contributed by atoms with van der Waals surface area (Å²) < 4.78 is 39.9. The van der Waals surface area contributed by atoms with Crippen LogP contribution in [0.25, 0.3) is 0 Å². The molecular weight excluding hydrogens is 398 g/mol. The molecule has 0 spiro atoms. The lowest BCUT2D eigenvalue weighted by Gasteiger charge is -2.32. The molecule has 4 rings (SSSR count). The molecule has 0 unspecified atom stereocenters. The van der Waals surface area contributed by atoms with Crippen LogP contribution in [0.5, 0.6) is 17.2 Å². The number of ether oxygens (including phenoxy) is 3. The summed E-state index contributed by atoms with van der Waals surface area (Å²) in [5.74, 6) is 1.62. The number of fused-ring (bicyclic) bond motifs is 1. The first-order chi connectivity index (χ1) is 14.1. The van der Waals surface area contributed by atoms with E-state index in [0.717, 1.165) is 35.6 Å². The summed E-state index contributed by atoms with van der Waals surface area (Å²) in [5, 5.41) is 3.84. The predicted octanol–water partition coefficient (Wildman–Crippen LogP) is 5.16. The van der Waals surface area contributed by atoms with Crippen molar-refractivity contribution in [2.45, 2.75) is 44.9 Å². The summed E-state index contributed by atoms with van der Waals surface area (Å²) in [6.45, 7) is -1.94. The van der Waals surface area contributed by atoms with Gasteiger partial charge < -0.3 is 24.4 Å². The number of anilines is 1. The van der Waals surface area contributed by atoms with Crippen molar-refractivity contribution in [1.29, 1.82) is 0 Å². The second-order valence-electron chi connectivity index (χ2n) is 7.09. The highest BCUT2D eigenvalue weighted by Gasteiger charge is 2.25. The smallest absolute Gasteiger partial charge is 0.387 e. The molecule has 1 fully saturated rings. The highest BCUT2D eigenvalue weighted by molar-refractivity contribution is 7.80. The van der Waals surface area contributed by atoms with Crippen LogP contribution in [-0.4, -0.2) is 29.5 Å². The number of hydrogen-bond donors (Lipinski definition) is 1. The number of benzene rings is 2. The second-order valence-corrected chi connectivity index (χ2v) is 7.47. The maximum Gasteiger partial charge on any atom is 0.387 e. The fourth-order valence-corrected chi connectivity index (χ4v) is 4.07. The van der Waals surface area contributed by atoms with Gasteiger partial charge in [-0.1, -0.05) is 18.9 Å². The fraction of sp³-hybridized carbons (Fsp3) is 0.381. The summed E-state index contributed by atoms with van der Waals surface area (Å²) in [5.41, 5.74) is 1.82. The standard InChI is InChI=1S/C21H22F2N2O3S/c22-20(23)28-17-8-6-15(7-9-17)24-21(29)25(16-3-1-2-4-16)12-14-5-10-18-19(11-14)27-13-26-18/h5-11,16,20H,1-4,12-13H2,(H,24,29). The number of nitrogens with zero attached hydrogens (tertiary/aromatic N) is 1. The molecule has 29 heavy (non-hydrogen) atoms. The topological polar surface area (TPSA) is 43.0 Å². The van der Waals surface area contributed by atoms with Crippen LogP contribution in [0.2, 0.25) is 0 Å². The highest BCUT2D eigenvalue weighted by Crippen LogP contribution is 2.34. The zero-order valence-electron chi connectivity index (χ0n) is 15.8. The van der Waals surface area contributed by atoms with Gasteiger partial charge in [-0.3, -0.25) is 0 Å². The van der Waals surface area contributed by atoms with Crippen molar-refractivity contribution in [2.24, 2.45) is 0 Å². The zero-order chi connectivity index (χ0) is 20.2. The molecule has 8 heteroatoms. The molecule has 1 aliphatic heterocycles. The van der Waals surface area contributed by atoms with Crippen LogP contribution in [0.1, 0.15) is 31.2 Å². The minimum absolute atomic E-state index is 0.115. The normalized spacial score (nSPS) is 15.6. The monoisotopic (exact) mass is 420 g/mol. The lowest BCUT2D eigenvalue weighted by molar-refractivity contribution is -0.0498. The van der Waals surface area contributed by atoms with E-state index in [4.69, 9.17) is 21.7 Å². The number of hydrogen-bond acceptors (Lipinski definition) is 4. The molecule has 1 N–H and O–H groups in total. The molecule has 5 nitrogen and oxygen atoms in total. The molecule has 0 saturated heterocycles. The van der Waals surface area contributed by atoms with Crippen molar-refractivity contribution >= 4 is 23.0 Å². The van der Waals surface area contributed by atoms with E-state index in [1.165, 1.54) is 25.0 Å². The minimum Gasteiger partial charge on any atom is -0.454 e. The molecule has 0 bridgehead atoms. The molecule has 154 valence electrons. The van der Waals surface area contributed by atoms with Gasteiger partial charge in [0.15, 0.2) is 16.6 Å². The van der Waals surface area contributed by atoms with Crippen LogP contribution in [0.3, 0.4) is 0 Å². The number of alkyl halides is 2. The molecule has 0 aromatic heterocycles. The number of rotatable bonds is 6. The lowest BCUT2D eigenvalue weighted by atomic mass is 10.1. The first kappa shape index (κ1) is 19.7. The molecule has 1 heterocycles. The van der Waals surface area contributed by atoms with Gasteiger partial charge in [-0.2, -0.15) is 8.78 Å². The largest absolute Gasteiger partial charge is 0.454 e. The third kappa shape index (κ3) is 4.87.